The number of rotatable bonds is 8. The van der Waals surface area contributed by atoms with E-state index in [9.17, 15) is 4.79 Å². The van der Waals surface area contributed by atoms with Crippen molar-refractivity contribution in [1.29, 1.82) is 0 Å². The van der Waals surface area contributed by atoms with Crippen molar-refractivity contribution in [3.05, 3.63) is 66.6 Å². The molecule has 1 N–H and O–H groups in total. The number of piperidine rings is 1. The second kappa shape index (κ2) is 9.76. The average molecular weight is 406 g/mol. The maximum atomic E-state index is 13.0. The first kappa shape index (κ1) is 20.4. The summed E-state index contributed by atoms with van der Waals surface area (Å²) in [5.41, 5.74) is 1.51. The summed E-state index contributed by atoms with van der Waals surface area (Å²) in [4.78, 5) is 15.6. The summed E-state index contributed by atoms with van der Waals surface area (Å²) in [5, 5.41) is 7.62. The standard InChI is InChI=1S/C24H31N5O/c1-2-20-11-6-7-15-27(20)18-10-14-25-23(30)22-19-26-29(21-12-4-3-5-13-21)24(22)28-16-8-9-17-28/h3-5,8-9,12-13,16-17,19-20H,2,6-7,10-11,14-15,18H2,1H3,(H,25,30)/t20-/m1/s1. The Bertz CT molecular complexity index is 932. The van der Waals surface area contributed by atoms with Crippen molar-refractivity contribution in [3.8, 4) is 11.5 Å². The van der Waals surface area contributed by atoms with Crippen LogP contribution in [-0.4, -0.2) is 50.8 Å². The van der Waals surface area contributed by atoms with Gasteiger partial charge in [-0.2, -0.15) is 5.10 Å². The van der Waals surface area contributed by atoms with E-state index in [1.54, 1.807) is 6.20 Å². The number of para-hydroxylation sites is 1. The van der Waals surface area contributed by atoms with Crippen LogP contribution in [0.25, 0.3) is 11.5 Å². The molecular formula is C24H31N5O. The first-order valence-corrected chi connectivity index (χ1v) is 11.1. The van der Waals surface area contributed by atoms with E-state index in [4.69, 9.17) is 0 Å². The number of nitrogens with one attached hydrogen (secondary N) is 1. The number of hydrogen-bond acceptors (Lipinski definition) is 3. The van der Waals surface area contributed by atoms with Crippen LogP contribution in [-0.2, 0) is 0 Å². The third-order valence-corrected chi connectivity index (χ3v) is 5.97. The number of carbonyl (C=O) groups is 1. The van der Waals surface area contributed by atoms with Crippen molar-refractivity contribution >= 4 is 5.91 Å². The van der Waals surface area contributed by atoms with Crippen LogP contribution in [0.1, 0.15) is 49.4 Å². The summed E-state index contributed by atoms with van der Waals surface area (Å²) in [6.07, 6.45) is 11.7. The Hall–Kier alpha value is -2.86. The Morgan fingerprint density at radius 3 is 2.70 bits per heavy atom. The van der Waals surface area contributed by atoms with Crippen LogP contribution >= 0.6 is 0 Å². The largest absolute Gasteiger partial charge is 0.352 e. The Morgan fingerprint density at radius 2 is 1.93 bits per heavy atom. The summed E-state index contributed by atoms with van der Waals surface area (Å²) < 4.78 is 3.75. The molecule has 6 heteroatoms. The summed E-state index contributed by atoms with van der Waals surface area (Å²) in [5.74, 6) is 0.678. The normalized spacial score (nSPS) is 17.2. The SMILES string of the molecule is CC[C@@H]1CCCCN1CCCNC(=O)c1cnn(-c2ccccc2)c1-n1cccc1. The molecule has 1 saturated heterocycles. The minimum atomic E-state index is -0.0773. The summed E-state index contributed by atoms with van der Waals surface area (Å²) in [6.45, 7) is 5.19. The Balaban J connectivity index is 1.43. The third kappa shape index (κ3) is 4.49. The van der Waals surface area contributed by atoms with Crippen molar-refractivity contribution < 1.29 is 4.79 Å². The van der Waals surface area contributed by atoms with Crippen LogP contribution in [0.2, 0.25) is 0 Å². The number of aromatic nitrogens is 3. The predicted octanol–water partition coefficient (Wildman–Crippen LogP) is 4.05. The molecule has 0 saturated carbocycles. The van der Waals surface area contributed by atoms with Crippen LogP contribution < -0.4 is 5.32 Å². The number of amides is 1. The van der Waals surface area contributed by atoms with E-state index >= 15 is 0 Å². The van der Waals surface area contributed by atoms with Crippen LogP contribution in [0.5, 0.6) is 0 Å². The number of benzene rings is 1. The van der Waals surface area contributed by atoms with Gasteiger partial charge in [-0.05, 0) is 56.5 Å². The lowest BCUT2D eigenvalue weighted by Crippen LogP contribution is -2.40. The van der Waals surface area contributed by atoms with Gasteiger partial charge in [0.25, 0.3) is 5.91 Å². The lowest BCUT2D eigenvalue weighted by atomic mass is 10.00. The molecule has 158 valence electrons. The van der Waals surface area contributed by atoms with Gasteiger partial charge in [-0.15, -0.1) is 0 Å². The maximum absolute atomic E-state index is 13.0. The highest BCUT2D eigenvalue weighted by Gasteiger charge is 2.21. The minimum absolute atomic E-state index is 0.0773. The Morgan fingerprint density at radius 1 is 1.13 bits per heavy atom. The zero-order chi connectivity index (χ0) is 20.8. The molecule has 6 nitrogen and oxygen atoms in total. The van der Waals surface area contributed by atoms with E-state index in [2.05, 4.69) is 22.2 Å². The van der Waals surface area contributed by atoms with E-state index in [0.29, 0.717) is 18.2 Å². The van der Waals surface area contributed by atoms with E-state index in [1.165, 1.54) is 32.2 Å². The number of hydrogen-bond donors (Lipinski definition) is 1. The fourth-order valence-electron chi connectivity index (χ4n) is 4.38. The van der Waals surface area contributed by atoms with Gasteiger partial charge in [0.2, 0.25) is 0 Å². The molecule has 1 aliphatic rings. The topological polar surface area (TPSA) is 55.1 Å². The summed E-state index contributed by atoms with van der Waals surface area (Å²) in [7, 11) is 0. The van der Waals surface area contributed by atoms with Crippen LogP contribution in [0.15, 0.2) is 61.1 Å². The molecule has 1 aromatic carbocycles. The summed E-state index contributed by atoms with van der Waals surface area (Å²) >= 11 is 0. The average Bonchev–Trinajstić information content (AvgIpc) is 3.47. The lowest BCUT2D eigenvalue weighted by molar-refractivity contribution is 0.0947. The first-order chi connectivity index (χ1) is 14.8. The smallest absolute Gasteiger partial charge is 0.256 e. The van der Waals surface area contributed by atoms with Crippen molar-refractivity contribution in [2.24, 2.45) is 0 Å². The Labute approximate surface area is 178 Å². The molecule has 0 unspecified atom stereocenters. The Kier molecular flexibility index (Phi) is 6.64. The first-order valence-electron chi connectivity index (χ1n) is 11.1. The van der Waals surface area contributed by atoms with E-state index < -0.39 is 0 Å². The van der Waals surface area contributed by atoms with Gasteiger partial charge < -0.3 is 14.8 Å². The fourth-order valence-corrected chi connectivity index (χ4v) is 4.38. The number of nitrogens with zero attached hydrogens (tertiary/aromatic N) is 4. The van der Waals surface area contributed by atoms with Gasteiger partial charge >= 0.3 is 0 Å². The molecule has 30 heavy (non-hydrogen) atoms. The molecule has 1 aliphatic heterocycles. The third-order valence-electron chi connectivity index (χ3n) is 5.97. The molecule has 2 aromatic heterocycles. The van der Waals surface area contributed by atoms with Crippen molar-refractivity contribution in [1.82, 2.24) is 24.6 Å². The van der Waals surface area contributed by atoms with Gasteiger partial charge in [0.05, 0.1) is 11.9 Å². The number of likely N-dealkylation sites (tertiary alicyclic amines) is 1. The van der Waals surface area contributed by atoms with Crippen LogP contribution in [0.3, 0.4) is 0 Å². The van der Waals surface area contributed by atoms with Crippen LogP contribution in [0.4, 0.5) is 0 Å². The second-order valence-electron chi connectivity index (χ2n) is 7.92. The van der Waals surface area contributed by atoms with Crippen molar-refractivity contribution in [2.45, 2.75) is 45.1 Å². The molecule has 0 bridgehead atoms. The van der Waals surface area contributed by atoms with Crippen molar-refractivity contribution in [2.75, 3.05) is 19.6 Å². The fraction of sp³-hybridized carbons (Fsp3) is 0.417. The van der Waals surface area contributed by atoms with Gasteiger partial charge in [-0.3, -0.25) is 4.79 Å². The van der Waals surface area contributed by atoms with Gasteiger partial charge in [0, 0.05) is 31.5 Å². The van der Waals surface area contributed by atoms with Gasteiger partial charge in [-0.1, -0.05) is 31.5 Å². The van der Waals surface area contributed by atoms with Gasteiger partial charge in [-0.25, -0.2) is 4.68 Å². The molecule has 1 fully saturated rings. The zero-order valence-corrected chi connectivity index (χ0v) is 17.7. The minimum Gasteiger partial charge on any atom is -0.352 e. The maximum Gasteiger partial charge on any atom is 0.256 e. The molecule has 3 heterocycles. The molecule has 4 rings (SSSR count). The van der Waals surface area contributed by atoms with Gasteiger partial charge in [0.1, 0.15) is 5.56 Å². The van der Waals surface area contributed by atoms with Crippen LogP contribution in [0, 0.1) is 0 Å². The molecule has 0 radical (unpaired) electrons. The van der Waals surface area contributed by atoms with E-state index in [0.717, 1.165) is 24.5 Å². The lowest BCUT2D eigenvalue weighted by Gasteiger charge is -2.35. The summed E-state index contributed by atoms with van der Waals surface area (Å²) in [6, 6.07) is 14.5. The van der Waals surface area contributed by atoms with Crippen molar-refractivity contribution in [3.63, 3.8) is 0 Å². The van der Waals surface area contributed by atoms with E-state index in [-0.39, 0.29) is 5.91 Å². The highest BCUT2D eigenvalue weighted by atomic mass is 16.1. The molecule has 0 spiro atoms. The molecule has 0 aliphatic carbocycles. The molecule has 1 amide bonds. The number of carbonyl (C=O) groups excluding carboxylic acids is 1. The molecule has 3 aromatic rings. The van der Waals surface area contributed by atoms with Gasteiger partial charge in [0.15, 0.2) is 5.82 Å². The quantitative estimate of drug-likeness (QED) is 0.575. The highest BCUT2D eigenvalue weighted by Crippen LogP contribution is 2.21. The second-order valence-corrected chi connectivity index (χ2v) is 7.92. The van der Waals surface area contributed by atoms with E-state index in [1.807, 2.05) is 64.1 Å². The molecule has 1 atom stereocenters. The highest BCUT2D eigenvalue weighted by molar-refractivity contribution is 5.97. The predicted molar refractivity (Wildman–Crippen MR) is 119 cm³/mol. The zero-order valence-electron chi connectivity index (χ0n) is 17.7. The monoisotopic (exact) mass is 405 g/mol. The molecular weight excluding hydrogens is 374 g/mol.